The Labute approximate surface area is 89.9 Å². The van der Waals surface area contributed by atoms with E-state index in [1.165, 1.54) is 11.3 Å². The number of nitrogens with zero attached hydrogens (tertiary/aromatic N) is 1. The van der Waals surface area contributed by atoms with Crippen LogP contribution in [0.4, 0.5) is 5.69 Å². The fourth-order valence-electron chi connectivity index (χ4n) is 1.82. The molecular weight excluding hydrogens is 196 g/mol. The molecule has 1 aliphatic rings. The summed E-state index contributed by atoms with van der Waals surface area (Å²) in [6.07, 6.45) is 0. The maximum atomic E-state index is 6.03. The van der Waals surface area contributed by atoms with E-state index in [4.69, 9.17) is 11.6 Å². The van der Waals surface area contributed by atoms with Gasteiger partial charge >= 0.3 is 0 Å². The van der Waals surface area contributed by atoms with E-state index in [1.807, 2.05) is 12.1 Å². The molecule has 0 atom stereocenters. The molecule has 0 radical (unpaired) electrons. The lowest BCUT2D eigenvalue weighted by Gasteiger charge is -2.29. The van der Waals surface area contributed by atoms with Gasteiger partial charge in [0.15, 0.2) is 0 Å². The highest BCUT2D eigenvalue weighted by atomic mass is 35.5. The van der Waals surface area contributed by atoms with Crippen molar-refractivity contribution < 1.29 is 0 Å². The third-order valence-corrected chi connectivity index (χ3v) is 2.73. The van der Waals surface area contributed by atoms with Gasteiger partial charge in [0.1, 0.15) is 0 Å². The maximum Gasteiger partial charge on any atom is 0.0429 e. The minimum atomic E-state index is 0.832. The second-order valence-electron chi connectivity index (χ2n) is 3.72. The highest BCUT2D eigenvalue weighted by Crippen LogP contribution is 2.22. The van der Waals surface area contributed by atoms with Gasteiger partial charge in [-0.25, -0.2) is 0 Å². The minimum Gasteiger partial charge on any atom is -0.369 e. The van der Waals surface area contributed by atoms with E-state index in [-0.39, 0.29) is 0 Å². The van der Waals surface area contributed by atoms with E-state index in [2.05, 4.69) is 23.2 Å². The van der Waals surface area contributed by atoms with Crippen molar-refractivity contribution in [2.45, 2.75) is 6.92 Å². The van der Waals surface area contributed by atoms with Crippen LogP contribution >= 0.6 is 11.6 Å². The Bertz CT molecular complexity index is 299. The van der Waals surface area contributed by atoms with Crippen molar-refractivity contribution in [3.63, 3.8) is 0 Å². The summed E-state index contributed by atoms with van der Waals surface area (Å²) in [4.78, 5) is 2.37. The van der Waals surface area contributed by atoms with Gasteiger partial charge < -0.3 is 10.2 Å². The summed E-state index contributed by atoms with van der Waals surface area (Å²) >= 11 is 6.03. The quantitative estimate of drug-likeness (QED) is 0.764. The predicted octanol–water partition coefficient (Wildman–Crippen LogP) is 2.06. The SMILES string of the molecule is Cc1cc(Cl)cc(N2CCNCC2)c1. The van der Waals surface area contributed by atoms with E-state index in [0.717, 1.165) is 31.2 Å². The van der Waals surface area contributed by atoms with Crippen molar-refractivity contribution in [2.75, 3.05) is 31.1 Å². The second kappa shape index (κ2) is 4.20. The molecule has 1 aliphatic heterocycles. The molecule has 3 heteroatoms. The topological polar surface area (TPSA) is 15.3 Å². The number of halogens is 1. The highest BCUT2D eigenvalue weighted by Gasteiger charge is 2.10. The summed E-state index contributed by atoms with van der Waals surface area (Å²) in [6, 6.07) is 6.23. The lowest BCUT2D eigenvalue weighted by Crippen LogP contribution is -2.43. The van der Waals surface area contributed by atoms with Crippen molar-refractivity contribution in [3.05, 3.63) is 28.8 Å². The van der Waals surface area contributed by atoms with Crippen LogP contribution in [0.15, 0.2) is 18.2 Å². The van der Waals surface area contributed by atoms with Crippen LogP contribution in [0.2, 0.25) is 5.02 Å². The normalized spacial score (nSPS) is 17.1. The van der Waals surface area contributed by atoms with Crippen LogP contribution in [0.25, 0.3) is 0 Å². The zero-order valence-corrected chi connectivity index (χ0v) is 9.14. The van der Waals surface area contributed by atoms with E-state index in [9.17, 15) is 0 Å². The highest BCUT2D eigenvalue weighted by molar-refractivity contribution is 6.30. The van der Waals surface area contributed by atoms with Crippen LogP contribution in [0.1, 0.15) is 5.56 Å². The van der Waals surface area contributed by atoms with Crippen LogP contribution < -0.4 is 10.2 Å². The van der Waals surface area contributed by atoms with Crippen molar-refractivity contribution >= 4 is 17.3 Å². The van der Waals surface area contributed by atoms with Crippen LogP contribution in [0.5, 0.6) is 0 Å². The lowest BCUT2D eigenvalue weighted by atomic mass is 10.2. The van der Waals surface area contributed by atoms with Crippen LogP contribution in [0.3, 0.4) is 0 Å². The first kappa shape index (κ1) is 9.81. The second-order valence-corrected chi connectivity index (χ2v) is 4.16. The van der Waals surface area contributed by atoms with Gasteiger partial charge in [-0.1, -0.05) is 11.6 Å². The monoisotopic (exact) mass is 210 g/mol. The Kier molecular flexibility index (Phi) is 2.94. The summed E-state index contributed by atoms with van der Waals surface area (Å²) in [5, 5.41) is 4.17. The molecule has 1 aromatic rings. The molecule has 1 N–H and O–H groups in total. The number of rotatable bonds is 1. The number of hydrogen-bond donors (Lipinski definition) is 1. The molecular formula is C11H15ClN2. The van der Waals surface area contributed by atoms with Crippen molar-refractivity contribution in [1.82, 2.24) is 5.32 Å². The van der Waals surface area contributed by atoms with Gasteiger partial charge in [0, 0.05) is 36.9 Å². The van der Waals surface area contributed by atoms with E-state index in [0.29, 0.717) is 0 Å². The Morgan fingerprint density at radius 1 is 1.21 bits per heavy atom. The van der Waals surface area contributed by atoms with Gasteiger partial charge in [-0.15, -0.1) is 0 Å². The number of hydrogen-bond acceptors (Lipinski definition) is 2. The van der Waals surface area contributed by atoms with Gasteiger partial charge in [-0.3, -0.25) is 0 Å². The summed E-state index contributed by atoms with van der Waals surface area (Å²) in [5.74, 6) is 0. The molecule has 0 amide bonds. The Hall–Kier alpha value is -0.730. The van der Waals surface area contributed by atoms with E-state index >= 15 is 0 Å². The minimum absolute atomic E-state index is 0.832. The molecule has 1 fully saturated rings. The third kappa shape index (κ3) is 2.20. The zero-order chi connectivity index (χ0) is 9.97. The lowest BCUT2D eigenvalue weighted by molar-refractivity contribution is 0.589. The summed E-state index contributed by atoms with van der Waals surface area (Å²) in [5.41, 5.74) is 2.47. The number of nitrogens with one attached hydrogen (secondary N) is 1. The first-order valence-electron chi connectivity index (χ1n) is 4.98. The van der Waals surface area contributed by atoms with Gasteiger partial charge in [-0.2, -0.15) is 0 Å². The number of piperazine rings is 1. The van der Waals surface area contributed by atoms with Gasteiger partial charge in [0.25, 0.3) is 0 Å². The van der Waals surface area contributed by atoms with Crippen LogP contribution in [0, 0.1) is 6.92 Å². The van der Waals surface area contributed by atoms with Crippen LogP contribution in [-0.2, 0) is 0 Å². The number of aryl methyl sites for hydroxylation is 1. The van der Waals surface area contributed by atoms with Gasteiger partial charge in [-0.05, 0) is 30.7 Å². The van der Waals surface area contributed by atoms with Gasteiger partial charge in [0.2, 0.25) is 0 Å². The van der Waals surface area contributed by atoms with E-state index in [1.54, 1.807) is 0 Å². The Morgan fingerprint density at radius 3 is 2.57 bits per heavy atom. The maximum absolute atomic E-state index is 6.03. The molecule has 0 aromatic heterocycles. The molecule has 0 spiro atoms. The smallest absolute Gasteiger partial charge is 0.0429 e. The standard InChI is InChI=1S/C11H15ClN2/c1-9-6-10(12)8-11(7-9)14-4-2-13-3-5-14/h6-8,13H,2-5H2,1H3. The van der Waals surface area contributed by atoms with Crippen molar-refractivity contribution in [2.24, 2.45) is 0 Å². The van der Waals surface area contributed by atoms with E-state index < -0.39 is 0 Å². The fraction of sp³-hybridized carbons (Fsp3) is 0.455. The third-order valence-electron chi connectivity index (χ3n) is 2.51. The average Bonchev–Trinajstić information content (AvgIpc) is 2.18. The molecule has 0 aliphatic carbocycles. The van der Waals surface area contributed by atoms with Crippen molar-refractivity contribution in [1.29, 1.82) is 0 Å². The van der Waals surface area contributed by atoms with Crippen LogP contribution in [-0.4, -0.2) is 26.2 Å². The molecule has 1 aromatic carbocycles. The molecule has 76 valence electrons. The molecule has 2 rings (SSSR count). The predicted molar refractivity (Wildman–Crippen MR) is 61.3 cm³/mol. The molecule has 2 nitrogen and oxygen atoms in total. The summed E-state index contributed by atoms with van der Waals surface area (Å²) in [7, 11) is 0. The summed E-state index contributed by atoms with van der Waals surface area (Å²) in [6.45, 7) is 6.34. The van der Waals surface area contributed by atoms with Gasteiger partial charge in [0.05, 0.1) is 0 Å². The molecule has 0 unspecified atom stereocenters. The number of anilines is 1. The Balaban J connectivity index is 2.21. The largest absolute Gasteiger partial charge is 0.369 e. The number of benzene rings is 1. The zero-order valence-electron chi connectivity index (χ0n) is 8.39. The Morgan fingerprint density at radius 2 is 1.93 bits per heavy atom. The first-order chi connectivity index (χ1) is 6.75. The fourth-order valence-corrected chi connectivity index (χ4v) is 2.11. The molecule has 1 saturated heterocycles. The molecule has 0 saturated carbocycles. The molecule has 0 bridgehead atoms. The molecule has 1 heterocycles. The molecule has 14 heavy (non-hydrogen) atoms. The first-order valence-corrected chi connectivity index (χ1v) is 5.36. The summed E-state index contributed by atoms with van der Waals surface area (Å²) < 4.78 is 0. The van der Waals surface area contributed by atoms with Crippen molar-refractivity contribution in [3.8, 4) is 0 Å². The average molecular weight is 211 g/mol.